The third kappa shape index (κ3) is 3.00. The number of piperidine rings is 1. The van der Waals surface area contributed by atoms with E-state index in [1.54, 1.807) is 0 Å². The average molecular weight is 360 g/mol. The van der Waals surface area contributed by atoms with Gasteiger partial charge in [0.1, 0.15) is 5.65 Å². The van der Waals surface area contributed by atoms with Crippen molar-refractivity contribution in [2.75, 3.05) is 19.6 Å². The van der Waals surface area contributed by atoms with Crippen LogP contribution in [0, 0.1) is 19.8 Å². The van der Waals surface area contributed by atoms with Crippen LogP contribution in [0.15, 0.2) is 46.4 Å². The first-order valence-corrected chi connectivity index (χ1v) is 9.66. The normalized spacial score (nSPS) is 20.4. The van der Waals surface area contributed by atoms with Crippen LogP contribution in [-0.2, 0) is 0 Å². The Labute approximate surface area is 159 Å². The number of hydrogen-bond acceptors (Lipinski definition) is 5. The molecule has 1 fully saturated rings. The molecule has 0 spiro atoms. The standard InChI is InChI=1S/C21H24N6/c1-14-9-17(12-27-11-15(2)24-21(14)27)18-5-8-26-13-19(23-10-20(26)25-18)16-3-6-22-7-4-16/h5,9-13,16,22H,3-4,6-8H2,1-2H3. The van der Waals surface area contributed by atoms with Gasteiger partial charge in [0.25, 0.3) is 0 Å². The van der Waals surface area contributed by atoms with Crippen LogP contribution in [-0.4, -0.2) is 46.0 Å². The first kappa shape index (κ1) is 16.4. The molecule has 6 heteroatoms. The van der Waals surface area contributed by atoms with E-state index in [2.05, 4.69) is 57.3 Å². The number of fused-ring (bicyclic) bond motifs is 2. The Bertz CT molecular complexity index is 1020. The van der Waals surface area contributed by atoms with Crippen LogP contribution in [0.1, 0.15) is 29.7 Å². The van der Waals surface area contributed by atoms with E-state index in [4.69, 9.17) is 9.98 Å². The van der Waals surface area contributed by atoms with E-state index in [-0.39, 0.29) is 0 Å². The number of aromatic nitrogens is 2. The summed E-state index contributed by atoms with van der Waals surface area (Å²) in [5.74, 6) is 1.48. The highest BCUT2D eigenvalue weighted by Crippen LogP contribution is 2.28. The number of amidine groups is 1. The molecule has 2 aromatic rings. The molecule has 1 saturated heterocycles. The lowest BCUT2D eigenvalue weighted by Crippen LogP contribution is -2.35. The molecule has 0 radical (unpaired) electrons. The largest absolute Gasteiger partial charge is 0.326 e. The quantitative estimate of drug-likeness (QED) is 0.896. The van der Waals surface area contributed by atoms with Gasteiger partial charge in [-0.3, -0.25) is 4.99 Å². The summed E-state index contributed by atoms with van der Waals surface area (Å²) in [7, 11) is 0. The van der Waals surface area contributed by atoms with Gasteiger partial charge in [0.05, 0.1) is 23.3 Å². The minimum atomic E-state index is 0.559. The van der Waals surface area contributed by atoms with Crippen molar-refractivity contribution in [3.05, 3.63) is 53.3 Å². The predicted molar refractivity (Wildman–Crippen MR) is 109 cm³/mol. The number of nitrogens with one attached hydrogen (secondary N) is 1. The van der Waals surface area contributed by atoms with Crippen LogP contribution < -0.4 is 5.32 Å². The monoisotopic (exact) mass is 360 g/mol. The Morgan fingerprint density at radius 2 is 2.00 bits per heavy atom. The lowest BCUT2D eigenvalue weighted by Gasteiger charge is -2.30. The van der Waals surface area contributed by atoms with Crippen LogP contribution in [0.3, 0.4) is 0 Å². The molecule has 3 aliphatic rings. The maximum absolute atomic E-state index is 4.87. The Kier molecular flexibility index (Phi) is 3.93. The van der Waals surface area contributed by atoms with Gasteiger partial charge < -0.3 is 14.6 Å². The molecular formula is C21H24N6. The molecule has 0 aliphatic carbocycles. The molecule has 2 aromatic heterocycles. The van der Waals surface area contributed by atoms with Crippen molar-refractivity contribution < 1.29 is 0 Å². The van der Waals surface area contributed by atoms with Gasteiger partial charge in [-0.1, -0.05) is 0 Å². The molecule has 1 N–H and O–H groups in total. The van der Waals surface area contributed by atoms with Gasteiger partial charge in [-0.05, 0) is 57.5 Å². The van der Waals surface area contributed by atoms with Crippen molar-refractivity contribution in [2.24, 2.45) is 15.9 Å². The fourth-order valence-electron chi connectivity index (χ4n) is 4.10. The minimum absolute atomic E-state index is 0.559. The summed E-state index contributed by atoms with van der Waals surface area (Å²) < 4.78 is 2.09. The molecule has 27 heavy (non-hydrogen) atoms. The minimum Gasteiger partial charge on any atom is -0.326 e. The average Bonchev–Trinajstić information content (AvgIpc) is 3.09. The molecule has 0 amide bonds. The van der Waals surface area contributed by atoms with Gasteiger partial charge >= 0.3 is 0 Å². The number of imidazole rings is 1. The van der Waals surface area contributed by atoms with Gasteiger partial charge in [-0.25, -0.2) is 9.98 Å². The number of aryl methyl sites for hydroxylation is 2. The third-order valence-corrected chi connectivity index (χ3v) is 5.54. The maximum atomic E-state index is 4.87. The van der Waals surface area contributed by atoms with Crippen LogP contribution in [0.4, 0.5) is 0 Å². The topological polar surface area (TPSA) is 57.3 Å². The maximum Gasteiger partial charge on any atom is 0.152 e. The highest BCUT2D eigenvalue weighted by molar-refractivity contribution is 6.31. The molecule has 6 nitrogen and oxygen atoms in total. The first-order valence-electron chi connectivity index (χ1n) is 9.66. The Hall–Kier alpha value is -2.73. The molecule has 0 unspecified atom stereocenters. The Morgan fingerprint density at radius 1 is 1.15 bits per heavy atom. The van der Waals surface area contributed by atoms with E-state index >= 15 is 0 Å². The van der Waals surface area contributed by atoms with Gasteiger partial charge in [0, 0.05) is 36.6 Å². The van der Waals surface area contributed by atoms with Gasteiger partial charge in [0.2, 0.25) is 0 Å². The highest BCUT2D eigenvalue weighted by atomic mass is 15.2. The fourth-order valence-corrected chi connectivity index (χ4v) is 4.10. The van der Waals surface area contributed by atoms with Crippen LogP contribution in [0.2, 0.25) is 0 Å². The number of rotatable bonds is 2. The summed E-state index contributed by atoms with van der Waals surface area (Å²) in [4.78, 5) is 16.4. The second kappa shape index (κ2) is 6.46. The molecule has 0 atom stereocenters. The van der Waals surface area contributed by atoms with Gasteiger partial charge in [-0.2, -0.15) is 0 Å². The van der Waals surface area contributed by atoms with Crippen LogP contribution in [0.25, 0.3) is 11.3 Å². The van der Waals surface area contributed by atoms with E-state index < -0.39 is 0 Å². The summed E-state index contributed by atoms with van der Waals surface area (Å²) in [5, 5.41) is 3.42. The number of hydrogen-bond donors (Lipinski definition) is 1. The lowest BCUT2D eigenvalue weighted by molar-refractivity contribution is 0.410. The lowest BCUT2D eigenvalue weighted by atomic mass is 9.94. The van der Waals surface area contributed by atoms with E-state index in [1.165, 1.54) is 5.70 Å². The zero-order valence-corrected chi connectivity index (χ0v) is 15.8. The summed E-state index contributed by atoms with van der Waals surface area (Å²) in [6.45, 7) is 7.12. The molecule has 5 heterocycles. The molecule has 5 rings (SSSR count). The summed E-state index contributed by atoms with van der Waals surface area (Å²) in [5.41, 5.74) is 6.51. The van der Waals surface area contributed by atoms with Crippen molar-refractivity contribution in [3.8, 4) is 0 Å². The molecule has 0 aromatic carbocycles. The Balaban J connectivity index is 1.42. The van der Waals surface area contributed by atoms with E-state index in [0.29, 0.717) is 5.92 Å². The fraction of sp³-hybridized carbons (Fsp3) is 0.381. The molecule has 0 bridgehead atoms. The van der Waals surface area contributed by atoms with Gasteiger partial charge in [0.15, 0.2) is 5.84 Å². The summed E-state index contributed by atoms with van der Waals surface area (Å²) in [6, 6.07) is 2.17. The van der Waals surface area contributed by atoms with E-state index in [0.717, 1.165) is 66.5 Å². The first-order chi connectivity index (χ1) is 13.2. The second-order valence-corrected chi connectivity index (χ2v) is 7.57. The van der Waals surface area contributed by atoms with Crippen molar-refractivity contribution in [2.45, 2.75) is 26.7 Å². The molecule has 0 saturated carbocycles. The van der Waals surface area contributed by atoms with Gasteiger partial charge in [-0.15, -0.1) is 0 Å². The number of pyridine rings is 1. The molecule has 3 aliphatic heterocycles. The SMILES string of the molecule is Cc1cn2cc(C3=CCN4C=C(C5CCNCC5)N=CC4=N3)cc(C)c2n1. The van der Waals surface area contributed by atoms with Crippen molar-refractivity contribution in [1.29, 1.82) is 0 Å². The smallest absolute Gasteiger partial charge is 0.152 e. The highest BCUT2D eigenvalue weighted by Gasteiger charge is 2.23. The second-order valence-electron chi connectivity index (χ2n) is 7.57. The summed E-state index contributed by atoms with van der Waals surface area (Å²) >= 11 is 0. The number of allylic oxidation sites excluding steroid dienone is 1. The van der Waals surface area contributed by atoms with Crippen molar-refractivity contribution in [1.82, 2.24) is 19.6 Å². The van der Waals surface area contributed by atoms with Crippen molar-refractivity contribution in [3.63, 3.8) is 0 Å². The van der Waals surface area contributed by atoms with Crippen LogP contribution >= 0.6 is 0 Å². The number of nitrogens with zero attached hydrogens (tertiary/aromatic N) is 5. The van der Waals surface area contributed by atoms with E-state index in [9.17, 15) is 0 Å². The predicted octanol–water partition coefficient (Wildman–Crippen LogP) is 2.93. The molecular weight excluding hydrogens is 336 g/mol. The summed E-state index contributed by atoms with van der Waals surface area (Å²) in [6.07, 6.45) is 12.8. The van der Waals surface area contributed by atoms with E-state index in [1.807, 2.05) is 13.1 Å². The Morgan fingerprint density at radius 3 is 2.85 bits per heavy atom. The third-order valence-electron chi connectivity index (χ3n) is 5.54. The van der Waals surface area contributed by atoms with Crippen LogP contribution in [0.5, 0.6) is 0 Å². The zero-order chi connectivity index (χ0) is 18.4. The molecule has 138 valence electrons. The number of aliphatic imine (C=N–C) groups is 2. The zero-order valence-electron chi connectivity index (χ0n) is 15.8. The van der Waals surface area contributed by atoms with Crippen molar-refractivity contribution >= 4 is 23.4 Å².